The number of hydrogen-bond donors (Lipinski definition) is 3. The van der Waals surface area contributed by atoms with E-state index in [-0.39, 0.29) is 23.1 Å². The van der Waals surface area contributed by atoms with E-state index in [4.69, 9.17) is 17.0 Å². The fourth-order valence-corrected chi connectivity index (χ4v) is 4.50. The van der Waals surface area contributed by atoms with Crippen LogP contribution in [0.15, 0.2) is 18.2 Å². The Hall–Kier alpha value is -1.91. The number of amides is 1. The SMILES string of the molecule is COC[C@H](C)NC(=S)NNC(=O)c1ccc2c(c1)C[C@H](C)N2S(C)(=O)=O. The van der Waals surface area contributed by atoms with E-state index in [0.717, 1.165) is 5.56 Å². The van der Waals surface area contributed by atoms with E-state index in [1.165, 1.54) is 10.6 Å². The lowest BCUT2D eigenvalue weighted by Crippen LogP contribution is -2.49. The van der Waals surface area contributed by atoms with E-state index < -0.39 is 10.0 Å². The van der Waals surface area contributed by atoms with Crippen LogP contribution in [0.25, 0.3) is 0 Å². The molecule has 0 spiro atoms. The predicted molar refractivity (Wildman–Crippen MR) is 105 cm³/mol. The second-order valence-corrected chi connectivity index (χ2v) is 8.63. The molecule has 1 aliphatic heterocycles. The molecule has 0 unspecified atom stereocenters. The molecule has 1 aromatic rings. The highest BCUT2D eigenvalue weighted by atomic mass is 32.2. The molecule has 1 aliphatic rings. The minimum absolute atomic E-state index is 0.000333. The number of hydrogen-bond acceptors (Lipinski definition) is 5. The fraction of sp³-hybridized carbons (Fsp3) is 0.500. The number of hydrazine groups is 1. The number of nitrogens with one attached hydrogen (secondary N) is 3. The van der Waals surface area contributed by atoms with E-state index in [0.29, 0.717) is 24.3 Å². The zero-order valence-corrected chi connectivity index (χ0v) is 16.8. The average Bonchev–Trinajstić information content (AvgIpc) is 2.87. The van der Waals surface area contributed by atoms with E-state index in [1.54, 1.807) is 25.3 Å². The smallest absolute Gasteiger partial charge is 0.269 e. The summed E-state index contributed by atoms with van der Waals surface area (Å²) in [6.45, 7) is 4.22. The number of ether oxygens (including phenoxy) is 1. The number of sulfonamides is 1. The maximum absolute atomic E-state index is 12.3. The first-order valence-electron chi connectivity index (χ1n) is 8.11. The van der Waals surface area contributed by atoms with Gasteiger partial charge in [0.05, 0.1) is 18.6 Å². The zero-order valence-electron chi connectivity index (χ0n) is 15.2. The fourth-order valence-electron chi connectivity index (χ4n) is 2.99. The number of anilines is 1. The van der Waals surface area contributed by atoms with Crippen LogP contribution < -0.4 is 20.5 Å². The maximum Gasteiger partial charge on any atom is 0.269 e. The van der Waals surface area contributed by atoms with Crippen molar-refractivity contribution >= 4 is 38.9 Å². The van der Waals surface area contributed by atoms with Crippen LogP contribution in [0.2, 0.25) is 0 Å². The van der Waals surface area contributed by atoms with E-state index in [2.05, 4.69) is 16.2 Å². The maximum atomic E-state index is 12.3. The summed E-state index contributed by atoms with van der Waals surface area (Å²) in [5.74, 6) is -0.359. The monoisotopic (exact) mass is 400 g/mol. The van der Waals surface area contributed by atoms with Crippen LogP contribution in [0.4, 0.5) is 5.69 Å². The number of carbonyl (C=O) groups excluding carboxylic acids is 1. The number of methoxy groups -OCH3 is 1. The van der Waals surface area contributed by atoms with Crippen LogP contribution >= 0.6 is 12.2 Å². The first kappa shape index (κ1) is 20.4. The summed E-state index contributed by atoms with van der Waals surface area (Å²) < 4.78 is 30.3. The minimum Gasteiger partial charge on any atom is -0.383 e. The summed E-state index contributed by atoms with van der Waals surface area (Å²) in [5, 5.41) is 3.24. The van der Waals surface area contributed by atoms with Crippen LogP contribution in [0, 0.1) is 0 Å². The Labute approximate surface area is 159 Å². The largest absolute Gasteiger partial charge is 0.383 e. The van der Waals surface area contributed by atoms with E-state index >= 15 is 0 Å². The Bertz CT molecular complexity index is 797. The molecule has 1 heterocycles. The molecule has 0 bridgehead atoms. The third kappa shape index (κ3) is 4.83. The Morgan fingerprint density at radius 3 is 2.73 bits per heavy atom. The molecule has 10 heteroatoms. The van der Waals surface area contributed by atoms with Crippen molar-refractivity contribution < 1.29 is 17.9 Å². The third-order valence-electron chi connectivity index (χ3n) is 3.94. The second-order valence-electron chi connectivity index (χ2n) is 6.36. The lowest BCUT2D eigenvalue weighted by atomic mass is 10.1. The van der Waals surface area contributed by atoms with E-state index in [1.807, 2.05) is 13.8 Å². The number of fused-ring (bicyclic) bond motifs is 1. The van der Waals surface area contributed by atoms with Crippen molar-refractivity contribution in [3.05, 3.63) is 29.3 Å². The van der Waals surface area contributed by atoms with Gasteiger partial charge in [0.2, 0.25) is 10.0 Å². The van der Waals surface area contributed by atoms with Gasteiger partial charge in [-0.1, -0.05) is 0 Å². The summed E-state index contributed by atoms with van der Waals surface area (Å²) in [5.41, 5.74) is 7.03. The number of nitrogens with zero attached hydrogens (tertiary/aromatic N) is 1. The first-order valence-corrected chi connectivity index (χ1v) is 10.4. The molecule has 144 valence electrons. The molecule has 0 fully saturated rings. The minimum atomic E-state index is -3.35. The van der Waals surface area contributed by atoms with Crippen molar-refractivity contribution in [3.8, 4) is 0 Å². The van der Waals surface area contributed by atoms with Crippen LogP contribution in [-0.4, -0.2) is 51.5 Å². The molecule has 1 aromatic carbocycles. The highest BCUT2D eigenvalue weighted by molar-refractivity contribution is 7.92. The van der Waals surface area contributed by atoms with Crippen LogP contribution in [0.3, 0.4) is 0 Å². The highest BCUT2D eigenvalue weighted by Gasteiger charge is 2.32. The second kappa shape index (κ2) is 8.19. The van der Waals surface area contributed by atoms with Crippen LogP contribution in [0.5, 0.6) is 0 Å². The normalized spacial score (nSPS) is 17.4. The number of thiocarbonyl (C=S) groups is 1. The first-order chi connectivity index (χ1) is 12.1. The molecule has 1 amide bonds. The van der Waals surface area contributed by atoms with Gasteiger partial charge in [0.1, 0.15) is 0 Å². The van der Waals surface area contributed by atoms with Crippen molar-refractivity contribution in [1.82, 2.24) is 16.2 Å². The van der Waals surface area contributed by atoms with Crippen molar-refractivity contribution in [3.63, 3.8) is 0 Å². The van der Waals surface area contributed by atoms with Gasteiger partial charge in [-0.2, -0.15) is 0 Å². The molecule has 2 atom stereocenters. The molecular weight excluding hydrogens is 376 g/mol. The van der Waals surface area contributed by atoms with Crippen LogP contribution in [-0.2, 0) is 21.2 Å². The van der Waals surface area contributed by atoms with Gasteiger partial charge in [0.15, 0.2) is 5.11 Å². The van der Waals surface area contributed by atoms with E-state index in [9.17, 15) is 13.2 Å². The summed E-state index contributed by atoms with van der Waals surface area (Å²) in [6.07, 6.45) is 1.74. The summed E-state index contributed by atoms with van der Waals surface area (Å²) in [4.78, 5) is 12.3. The van der Waals surface area contributed by atoms with Crippen LogP contribution in [0.1, 0.15) is 29.8 Å². The molecule has 0 saturated carbocycles. The Balaban J connectivity index is 2.02. The van der Waals surface area contributed by atoms with Gasteiger partial charge in [-0.25, -0.2) is 8.42 Å². The van der Waals surface area contributed by atoms with Gasteiger partial charge in [0, 0.05) is 24.8 Å². The van der Waals surface area contributed by atoms with Gasteiger partial charge in [-0.05, 0) is 56.2 Å². The molecule has 0 aromatic heterocycles. The molecule has 26 heavy (non-hydrogen) atoms. The number of carbonyl (C=O) groups is 1. The molecule has 0 radical (unpaired) electrons. The Morgan fingerprint density at radius 2 is 2.12 bits per heavy atom. The van der Waals surface area contributed by atoms with Gasteiger partial charge < -0.3 is 10.1 Å². The van der Waals surface area contributed by atoms with Gasteiger partial charge in [-0.3, -0.25) is 20.0 Å². The topological polar surface area (TPSA) is 99.8 Å². The third-order valence-corrected chi connectivity index (χ3v) is 5.43. The molecule has 8 nitrogen and oxygen atoms in total. The number of rotatable bonds is 5. The van der Waals surface area contributed by atoms with Crippen molar-refractivity contribution in [2.24, 2.45) is 0 Å². The Kier molecular flexibility index (Phi) is 6.43. The number of benzene rings is 1. The molecule has 0 aliphatic carbocycles. The Morgan fingerprint density at radius 1 is 1.42 bits per heavy atom. The average molecular weight is 401 g/mol. The standard InChI is InChI=1S/C16H24N4O4S2/c1-10(9-24-3)17-16(25)19-18-15(21)12-5-6-14-13(8-12)7-11(2)20(14)26(4,22)23/h5-6,8,10-11H,7,9H2,1-4H3,(H,18,21)(H2,17,19,25)/t10-,11-/m0/s1. The van der Waals surface area contributed by atoms with Crippen molar-refractivity contribution in [1.29, 1.82) is 0 Å². The molecule has 3 N–H and O–H groups in total. The van der Waals surface area contributed by atoms with Gasteiger partial charge in [-0.15, -0.1) is 0 Å². The van der Waals surface area contributed by atoms with Crippen molar-refractivity contribution in [2.45, 2.75) is 32.4 Å². The lowest BCUT2D eigenvalue weighted by molar-refractivity contribution is 0.0943. The zero-order chi connectivity index (χ0) is 19.5. The summed E-state index contributed by atoms with van der Waals surface area (Å²) in [7, 11) is -1.76. The molecular formula is C16H24N4O4S2. The van der Waals surface area contributed by atoms with Gasteiger partial charge in [0.25, 0.3) is 5.91 Å². The lowest BCUT2D eigenvalue weighted by Gasteiger charge is -2.22. The quantitative estimate of drug-likeness (QED) is 0.490. The predicted octanol–water partition coefficient (Wildman–Crippen LogP) is 0.541. The summed E-state index contributed by atoms with van der Waals surface area (Å²) in [6, 6.07) is 4.79. The molecule has 0 saturated heterocycles. The van der Waals surface area contributed by atoms with Crippen molar-refractivity contribution in [2.75, 3.05) is 24.3 Å². The summed E-state index contributed by atoms with van der Waals surface area (Å²) >= 11 is 5.10. The van der Waals surface area contributed by atoms with Gasteiger partial charge >= 0.3 is 0 Å². The molecule has 2 rings (SSSR count). The highest BCUT2D eigenvalue weighted by Crippen LogP contribution is 2.34.